The monoisotopic (exact) mass is 332 g/mol. The van der Waals surface area contributed by atoms with Gasteiger partial charge < -0.3 is 20.3 Å². The summed E-state index contributed by atoms with van der Waals surface area (Å²) < 4.78 is 5.80. The molecule has 0 spiro atoms. The smallest absolute Gasteiger partial charge is 0.191 e. The summed E-state index contributed by atoms with van der Waals surface area (Å²) in [5.41, 5.74) is 2.64. The normalized spacial score (nSPS) is 20.7. The average molecular weight is 332 g/mol. The molecule has 0 bridgehead atoms. The van der Waals surface area contributed by atoms with Gasteiger partial charge in [-0.1, -0.05) is 36.8 Å². The highest BCUT2D eigenvalue weighted by Crippen LogP contribution is 2.16. The molecule has 0 aliphatic carbocycles. The lowest BCUT2D eigenvalue weighted by Crippen LogP contribution is -2.48. The number of likely N-dealkylation sites (N-methyl/N-ethyl adjacent to an activating group) is 1. The number of aryl methyl sites for hydroxylation is 1. The molecule has 1 heterocycles. The fraction of sp³-hybridized carbons (Fsp3) is 0.632. The summed E-state index contributed by atoms with van der Waals surface area (Å²) in [5.74, 6) is 1.27. The van der Waals surface area contributed by atoms with Crippen LogP contribution in [-0.2, 0) is 4.74 Å². The van der Waals surface area contributed by atoms with Crippen molar-refractivity contribution in [3.05, 3.63) is 35.4 Å². The minimum Gasteiger partial charge on any atom is -0.374 e. The Hall–Kier alpha value is -1.59. The number of guanidine groups is 1. The highest BCUT2D eigenvalue weighted by molar-refractivity contribution is 5.79. The van der Waals surface area contributed by atoms with Crippen LogP contribution in [0, 0.1) is 6.92 Å². The number of morpholine rings is 1. The van der Waals surface area contributed by atoms with E-state index in [4.69, 9.17) is 9.73 Å². The third-order valence-electron chi connectivity index (χ3n) is 4.32. The summed E-state index contributed by atoms with van der Waals surface area (Å²) in [6.45, 7) is 11.6. The van der Waals surface area contributed by atoms with E-state index in [1.165, 1.54) is 11.1 Å². The van der Waals surface area contributed by atoms with Crippen molar-refractivity contribution in [2.75, 3.05) is 46.4 Å². The fourth-order valence-corrected chi connectivity index (χ4v) is 2.85. The van der Waals surface area contributed by atoms with Crippen molar-refractivity contribution >= 4 is 5.96 Å². The van der Waals surface area contributed by atoms with E-state index in [9.17, 15) is 0 Å². The standard InChI is InChI=1S/C19H32N4O/c1-5-20-19(22-13-18-14-23(4)9-10-24-18)21-12-16(3)17-8-6-7-15(2)11-17/h6-8,11,16,18H,5,9-10,12-14H2,1-4H3,(H2,20,21,22). The van der Waals surface area contributed by atoms with Gasteiger partial charge in [0.15, 0.2) is 5.96 Å². The van der Waals surface area contributed by atoms with Crippen LogP contribution < -0.4 is 10.6 Å². The third-order valence-corrected chi connectivity index (χ3v) is 4.32. The maximum atomic E-state index is 5.80. The van der Waals surface area contributed by atoms with E-state index in [1.807, 2.05) is 0 Å². The Kier molecular flexibility index (Phi) is 7.53. The molecule has 0 saturated carbocycles. The van der Waals surface area contributed by atoms with Crippen LogP contribution in [-0.4, -0.2) is 63.3 Å². The van der Waals surface area contributed by atoms with Gasteiger partial charge in [-0.25, -0.2) is 0 Å². The average Bonchev–Trinajstić information content (AvgIpc) is 2.57. The van der Waals surface area contributed by atoms with Gasteiger partial charge in [-0.05, 0) is 26.5 Å². The van der Waals surface area contributed by atoms with E-state index in [1.54, 1.807) is 0 Å². The van der Waals surface area contributed by atoms with Crippen LogP contribution in [0.5, 0.6) is 0 Å². The SMILES string of the molecule is CCNC(=NCC(C)c1cccc(C)c1)NCC1CN(C)CCO1. The highest BCUT2D eigenvalue weighted by Gasteiger charge is 2.17. The van der Waals surface area contributed by atoms with Crippen molar-refractivity contribution < 1.29 is 4.74 Å². The molecule has 0 radical (unpaired) electrons. The fourth-order valence-electron chi connectivity index (χ4n) is 2.85. The van der Waals surface area contributed by atoms with E-state index < -0.39 is 0 Å². The number of benzene rings is 1. The first-order valence-corrected chi connectivity index (χ1v) is 8.97. The molecule has 134 valence electrons. The zero-order chi connectivity index (χ0) is 17.4. The van der Waals surface area contributed by atoms with E-state index in [-0.39, 0.29) is 6.10 Å². The van der Waals surface area contributed by atoms with Gasteiger partial charge in [-0.2, -0.15) is 0 Å². The number of rotatable bonds is 6. The Morgan fingerprint density at radius 1 is 1.42 bits per heavy atom. The number of hydrogen-bond donors (Lipinski definition) is 2. The molecule has 2 N–H and O–H groups in total. The van der Waals surface area contributed by atoms with Crippen LogP contribution in [0.2, 0.25) is 0 Å². The van der Waals surface area contributed by atoms with Gasteiger partial charge in [-0.15, -0.1) is 0 Å². The Labute approximate surface area is 146 Å². The number of hydrogen-bond acceptors (Lipinski definition) is 3. The van der Waals surface area contributed by atoms with Gasteiger partial charge >= 0.3 is 0 Å². The minimum atomic E-state index is 0.224. The molecule has 0 amide bonds. The molecule has 5 heteroatoms. The first-order valence-electron chi connectivity index (χ1n) is 8.97. The third kappa shape index (κ3) is 6.13. The molecule has 1 aliphatic heterocycles. The van der Waals surface area contributed by atoms with Crippen molar-refractivity contribution in [2.24, 2.45) is 4.99 Å². The second-order valence-electron chi connectivity index (χ2n) is 6.67. The predicted molar refractivity (Wildman–Crippen MR) is 101 cm³/mol. The van der Waals surface area contributed by atoms with Gasteiger partial charge in [0.2, 0.25) is 0 Å². The van der Waals surface area contributed by atoms with E-state index in [0.29, 0.717) is 5.92 Å². The van der Waals surface area contributed by atoms with Crippen LogP contribution >= 0.6 is 0 Å². The van der Waals surface area contributed by atoms with Gasteiger partial charge in [0.1, 0.15) is 0 Å². The first kappa shape index (κ1) is 18.7. The first-order chi connectivity index (χ1) is 11.6. The van der Waals surface area contributed by atoms with Crippen molar-refractivity contribution in [1.82, 2.24) is 15.5 Å². The summed E-state index contributed by atoms with van der Waals surface area (Å²) >= 11 is 0. The maximum absolute atomic E-state index is 5.80. The van der Waals surface area contributed by atoms with Crippen molar-refractivity contribution in [1.29, 1.82) is 0 Å². The molecule has 1 aliphatic rings. The lowest BCUT2D eigenvalue weighted by Gasteiger charge is -2.30. The van der Waals surface area contributed by atoms with Gasteiger partial charge in [0, 0.05) is 38.6 Å². The molecule has 1 fully saturated rings. The molecule has 1 aromatic carbocycles. The highest BCUT2D eigenvalue weighted by atomic mass is 16.5. The van der Waals surface area contributed by atoms with Crippen LogP contribution in [0.1, 0.15) is 30.9 Å². The quantitative estimate of drug-likeness (QED) is 0.618. The van der Waals surface area contributed by atoms with E-state index in [0.717, 1.165) is 45.3 Å². The van der Waals surface area contributed by atoms with Gasteiger partial charge in [-0.3, -0.25) is 4.99 Å². The zero-order valence-electron chi connectivity index (χ0n) is 15.5. The Balaban J connectivity index is 1.87. The molecule has 0 aromatic heterocycles. The second-order valence-corrected chi connectivity index (χ2v) is 6.67. The predicted octanol–water partition coefficient (Wildman–Crippen LogP) is 1.98. The van der Waals surface area contributed by atoms with Crippen molar-refractivity contribution in [3.8, 4) is 0 Å². The lowest BCUT2D eigenvalue weighted by atomic mass is 10.00. The van der Waals surface area contributed by atoms with Crippen LogP contribution in [0.15, 0.2) is 29.3 Å². The Morgan fingerprint density at radius 3 is 2.96 bits per heavy atom. The minimum absolute atomic E-state index is 0.224. The van der Waals surface area contributed by atoms with Crippen LogP contribution in [0.25, 0.3) is 0 Å². The maximum Gasteiger partial charge on any atom is 0.191 e. The van der Waals surface area contributed by atoms with Gasteiger partial charge in [0.05, 0.1) is 12.7 Å². The van der Waals surface area contributed by atoms with Crippen LogP contribution in [0.3, 0.4) is 0 Å². The molecule has 1 aromatic rings. The number of aliphatic imine (C=N–C) groups is 1. The Morgan fingerprint density at radius 2 is 2.25 bits per heavy atom. The largest absolute Gasteiger partial charge is 0.374 e. The summed E-state index contributed by atoms with van der Waals surface area (Å²) in [5, 5.41) is 6.74. The summed E-state index contributed by atoms with van der Waals surface area (Å²) in [4.78, 5) is 7.05. The molecule has 24 heavy (non-hydrogen) atoms. The molecule has 2 atom stereocenters. The summed E-state index contributed by atoms with van der Waals surface area (Å²) in [6, 6.07) is 8.67. The lowest BCUT2D eigenvalue weighted by molar-refractivity contribution is -0.0161. The van der Waals surface area contributed by atoms with Crippen molar-refractivity contribution in [2.45, 2.75) is 32.8 Å². The molecular weight excluding hydrogens is 300 g/mol. The van der Waals surface area contributed by atoms with Crippen molar-refractivity contribution in [3.63, 3.8) is 0 Å². The van der Waals surface area contributed by atoms with Crippen LogP contribution in [0.4, 0.5) is 0 Å². The molecular formula is C19H32N4O. The molecule has 5 nitrogen and oxygen atoms in total. The summed E-state index contributed by atoms with van der Waals surface area (Å²) in [7, 11) is 2.14. The topological polar surface area (TPSA) is 48.9 Å². The second kappa shape index (κ2) is 9.64. The van der Waals surface area contributed by atoms with E-state index >= 15 is 0 Å². The molecule has 2 unspecified atom stereocenters. The van der Waals surface area contributed by atoms with Gasteiger partial charge in [0.25, 0.3) is 0 Å². The molecule has 2 rings (SSSR count). The Bertz CT molecular complexity index is 532. The molecule has 1 saturated heterocycles. The number of nitrogens with zero attached hydrogens (tertiary/aromatic N) is 2. The summed E-state index contributed by atoms with van der Waals surface area (Å²) in [6.07, 6.45) is 0.224. The zero-order valence-corrected chi connectivity index (χ0v) is 15.5. The number of nitrogens with one attached hydrogen (secondary N) is 2. The van der Waals surface area contributed by atoms with E-state index in [2.05, 4.69) is 67.6 Å². The number of ether oxygens (including phenoxy) is 1.